The number of nitrogens with two attached hydrogens (primary N) is 1. The molecule has 5 N–H and O–H groups in total. The maximum atomic E-state index is 13.5. The summed E-state index contributed by atoms with van der Waals surface area (Å²) in [4.78, 5) is 37.8. The lowest BCUT2D eigenvalue weighted by Gasteiger charge is -2.18. The van der Waals surface area contributed by atoms with E-state index in [9.17, 15) is 27.6 Å². The molecule has 42 heavy (non-hydrogen) atoms. The van der Waals surface area contributed by atoms with E-state index < -0.39 is 29.5 Å². The third-order valence-corrected chi connectivity index (χ3v) is 5.71. The number of aliphatic carboxylic acids is 1. The van der Waals surface area contributed by atoms with Gasteiger partial charge in [0.2, 0.25) is 12.3 Å². The normalized spacial score (nSPS) is 11.8. The highest BCUT2D eigenvalue weighted by Crippen LogP contribution is 2.18. The number of anilines is 1. The summed E-state index contributed by atoms with van der Waals surface area (Å²) in [5.41, 5.74) is 6.63. The van der Waals surface area contributed by atoms with Gasteiger partial charge < -0.3 is 26.4 Å². The smallest absolute Gasteiger partial charge is 0.322 e. The van der Waals surface area contributed by atoms with Crippen molar-refractivity contribution in [3.05, 3.63) is 59.0 Å². The van der Waals surface area contributed by atoms with Crippen LogP contribution in [0.25, 0.3) is 0 Å². The summed E-state index contributed by atoms with van der Waals surface area (Å²) < 4.78 is 39.3. The summed E-state index contributed by atoms with van der Waals surface area (Å²) >= 11 is 1.66. The first-order valence-electron chi connectivity index (χ1n) is 13.3. The van der Waals surface area contributed by atoms with E-state index in [1.54, 1.807) is 35.0 Å². The second-order valence-electron chi connectivity index (χ2n) is 8.23. The van der Waals surface area contributed by atoms with E-state index in [-0.39, 0.29) is 30.9 Å². The molecule has 1 fully saturated rings. The second kappa shape index (κ2) is 25.0. The standard InChI is InChI=1S/C13H15F3N2OS.C9H11N3O3.C3H8.C2H6.C2H2/c14-10-6-12(16)11(15)4-8(10)3-9(17)5-13(19)18-1-2-20-7-18;13-6-10-3-7-1-2-8(11-4-7)12-5-9(14)15;1-3-2;2*1-2/h4,6,9H,1-3,5,7,17H2;1-2,4,6H,3,5H2,(H,10,13)(H,11,12)(H,14,15);3H2,1-2H3;1-2H3;1-2H/t9-;;;;/m1..../s1. The fourth-order valence-corrected chi connectivity index (χ4v) is 3.97. The van der Waals surface area contributed by atoms with Gasteiger partial charge in [-0.15, -0.1) is 24.6 Å². The molecule has 1 aromatic carbocycles. The summed E-state index contributed by atoms with van der Waals surface area (Å²) in [5.74, 6) is -2.19. The zero-order valence-corrected chi connectivity index (χ0v) is 25.4. The number of carboxylic acid groups (broad SMARTS) is 1. The van der Waals surface area contributed by atoms with Crippen LogP contribution in [0.2, 0.25) is 0 Å². The van der Waals surface area contributed by atoms with Crippen molar-refractivity contribution in [3.8, 4) is 12.8 Å². The number of rotatable bonds is 10. The van der Waals surface area contributed by atoms with Crippen molar-refractivity contribution in [1.29, 1.82) is 0 Å². The van der Waals surface area contributed by atoms with Gasteiger partial charge in [-0.2, -0.15) is 0 Å². The van der Waals surface area contributed by atoms with E-state index in [0.29, 0.717) is 37.3 Å². The molecule has 13 heteroatoms. The summed E-state index contributed by atoms with van der Waals surface area (Å²) in [5, 5.41) is 13.5. The van der Waals surface area contributed by atoms with E-state index in [4.69, 9.17) is 10.8 Å². The quantitative estimate of drug-likeness (QED) is 0.176. The molecule has 0 saturated carbocycles. The van der Waals surface area contributed by atoms with Crippen LogP contribution in [0.3, 0.4) is 0 Å². The van der Waals surface area contributed by atoms with Crippen LogP contribution in [0, 0.1) is 30.3 Å². The topological polar surface area (TPSA) is 138 Å². The number of carbonyl (C=O) groups is 3. The first-order valence-corrected chi connectivity index (χ1v) is 14.4. The number of terminal acetylenes is 1. The lowest BCUT2D eigenvalue weighted by molar-refractivity contribution is -0.135. The minimum Gasteiger partial charge on any atom is -0.480 e. The first-order chi connectivity index (χ1) is 20.1. The fraction of sp³-hybridized carbons (Fsp3) is 0.448. The van der Waals surface area contributed by atoms with Gasteiger partial charge in [0.05, 0.1) is 5.88 Å². The number of hydrogen-bond donors (Lipinski definition) is 4. The van der Waals surface area contributed by atoms with Gasteiger partial charge in [-0.25, -0.2) is 18.2 Å². The van der Waals surface area contributed by atoms with E-state index in [0.717, 1.165) is 17.4 Å². The Bertz CT molecular complexity index is 1070. The Morgan fingerprint density at radius 3 is 2.29 bits per heavy atom. The van der Waals surface area contributed by atoms with Crippen molar-refractivity contribution in [2.75, 3.05) is 30.0 Å². The molecule has 1 atom stereocenters. The van der Waals surface area contributed by atoms with E-state index in [1.807, 2.05) is 13.8 Å². The number of halogens is 3. The third kappa shape index (κ3) is 17.8. The van der Waals surface area contributed by atoms with Crippen molar-refractivity contribution in [2.24, 2.45) is 5.73 Å². The van der Waals surface area contributed by atoms with Gasteiger partial charge >= 0.3 is 5.97 Å². The van der Waals surface area contributed by atoms with Crippen LogP contribution in [0.5, 0.6) is 0 Å². The Hall–Kier alpha value is -3.76. The zero-order valence-electron chi connectivity index (χ0n) is 24.5. The van der Waals surface area contributed by atoms with Gasteiger partial charge in [-0.3, -0.25) is 14.4 Å². The molecule has 0 spiro atoms. The molecule has 2 amide bonds. The predicted molar refractivity (Wildman–Crippen MR) is 162 cm³/mol. The number of benzene rings is 1. The van der Waals surface area contributed by atoms with Gasteiger partial charge in [0.1, 0.15) is 18.2 Å². The largest absolute Gasteiger partial charge is 0.480 e. The van der Waals surface area contributed by atoms with Gasteiger partial charge in [-0.05, 0) is 29.7 Å². The second-order valence-corrected chi connectivity index (χ2v) is 9.30. The number of carboxylic acids is 1. The third-order valence-electron chi connectivity index (χ3n) is 4.75. The molecule has 3 rings (SSSR count). The molecule has 1 saturated heterocycles. The van der Waals surface area contributed by atoms with Crippen molar-refractivity contribution >= 4 is 35.9 Å². The van der Waals surface area contributed by atoms with Crippen LogP contribution < -0.4 is 16.4 Å². The van der Waals surface area contributed by atoms with Crippen LogP contribution in [0.4, 0.5) is 19.0 Å². The number of hydrogen-bond acceptors (Lipinski definition) is 7. The Kier molecular flexibility index (Phi) is 24.0. The van der Waals surface area contributed by atoms with Crippen LogP contribution in [0.1, 0.15) is 51.7 Å². The Morgan fingerprint density at radius 1 is 1.17 bits per heavy atom. The molecular formula is C29H42F3N5O4S. The number of nitrogens with one attached hydrogen (secondary N) is 2. The maximum Gasteiger partial charge on any atom is 0.322 e. The lowest BCUT2D eigenvalue weighted by Crippen LogP contribution is -2.35. The molecule has 2 aromatic rings. The lowest BCUT2D eigenvalue weighted by atomic mass is 10.0. The first kappa shape index (κ1) is 40.4. The highest BCUT2D eigenvalue weighted by molar-refractivity contribution is 7.99. The molecule has 1 aliphatic heterocycles. The van der Waals surface area contributed by atoms with Gasteiger partial charge in [0, 0.05) is 43.6 Å². The molecule has 9 nitrogen and oxygen atoms in total. The van der Waals surface area contributed by atoms with Crippen LogP contribution >= 0.6 is 11.8 Å². The summed E-state index contributed by atoms with van der Waals surface area (Å²) in [7, 11) is 0. The highest BCUT2D eigenvalue weighted by atomic mass is 32.2. The highest BCUT2D eigenvalue weighted by Gasteiger charge is 2.21. The molecule has 0 unspecified atom stereocenters. The van der Waals surface area contributed by atoms with E-state index >= 15 is 0 Å². The number of carbonyl (C=O) groups excluding carboxylic acids is 2. The number of aromatic nitrogens is 1. The Labute approximate surface area is 250 Å². The van der Waals surface area contributed by atoms with Gasteiger partial charge in [-0.1, -0.05) is 40.2 Å². The Morgan fingerprint density at radius 2 is 1.79 bits per heavy atom. The molecule has 1 aliphatic rings. The van der Waals surface area contributed by atoms with Gasteiger partial charge in [0.15, 0.2) is 11.6 Å². The summed E-state index contributed by atoms with van der Waals surface area (Å²) in [6.45, 7) is 9.18. The number of thioether (sulfide) groups is 1. The van der Waals surface area contributed by atoms with Crippen LogP contribution in [0.15, 0.2) is 30.5 Å². The molecule has 0 aliphatic carbocycles. The summed E-state index contributed by atoms with van der Waals surface area (Å²) in [6.07, 6.45) is 11.5. The van der Waals surface area contributed by atoms with Crippen molar-refractivity contribution < 1.29 is 32.7 Å². The molecule has 0 radical (unpaired) electrons. The number of amides is 2. The number of nitrogens with zero attached hydrogens (tertiary/aromatic N) is 2. The molecule has 0 bridgehead atoms. The van der Waals surface area contributed by atoms with Crippen LogP contribution in [-0.2, 0) is 27.3 Å². The average Bonchev–Trinajstić information content (AvgIpc) is 3.53. The van der Waals surface area contributed by atoms with Crippen LogP contribution in [-0.4, -0.2) is 64.0 Å². The predicted octanol–water partition coefficient (Wildman–Crippen LogP) is 4.41. The van der Waals surface area contributed by atoms with E-state index in [1.165, 1.54) is 6.42 Å². The van der Waals surface area contributed by atoms with Crippen molar-refractivity contribution in [2.45, 2.75) is 59.5 Å². The SMILES string of the molecule is C#C.CC.CCC.N[C@@H](CC(=O)N1CCSC1)Cc1cc(F)c(F)cc1F.O=CNCc1ccc(NCC(=O)O)nc1. The minimum absolute atomic E-state index is 0.00421. The number of pyridine rings is 1. The van der Waals surface area contributed by atoms with Crippen molar-refractivity contribution in [1.82, 2.24) is 15.2 Å². The monoisotopic (exact) mass is 613 g/mol. The van der Waals surface area contributed by atoms with E-state index in [2.05, 4.69) is 42.3 Å². The Balaban J connectivity index is 0. The maximum absolute atomic E-state index is 13.5. The van der Waals surface area contributed by atoms with Crippen molar-refractivity contribution in [3.63, 3.8) is 0 Å². The molecule has 2 heterocycles. The zero-order chi connectivity index (χ0) is 32.5. The minimum atomic E-state index is -1.23. The fourth-order valence-electron chi connectivity index (χ4n) is 3.00. The molecule has 1 aromatic heterocycles. The summed E-state index contributed by atoms with van der Waals surface area (Å²) in [6, 6.07) is 4.09. The molecular weight excluding hydrogens is 571 g/mol. The van der Waals surface area contributed by atoms with Gasteiger partial charge in [0.25, 0.3) is 0 Å². The molecule has 234 valence electrons. The average molecular weight is 614 g/mol.